The highest BCUT2D eigenvalue weighted by Gasteiger charge is 2.28. The number of piperazine rings is 1. The van der Waals surface area contributed by atoms with Crippen molar-refractivity contribution >= 4 is 65.6 Å². The molecular weight excluding hydrogens is 997 g/mol. The van der Waals surface area contributed by atoms with Crippen molar-refractivity contribution in [1.29, 1.82) is 0 Å². The molecular formula is C52H86N14O11. The summed E-state index contributed by atoms with van der Waals surface area (Å²) in [6.07, 6.45) is 13.0. The first kappa shape index (κ1) is 63.3. The quantitative estimate of drug-likeness (QED) is 0.0374. The summed E-state index contributed by atoms with van der Waals surface area (Å²) in [6, 6.07) is 6.71. The molecule has 3 amide bonds. The second-order valence-electron chi connectivity index (χ2n) is 20.3. The summed E-state index contributed by atoms with van der Waals surface area (Å²) >= 11 is 0. The molecule has 0 bridgehead atoms. The van der Waals surface area contributed by atoms with Crippen LogP contribution in [0.15, 0.2) is 24.3 Å². The van der Waals surface area contributed by atoms with Gasteiger partial charge in [0.25, 0.3) is 0 Å². The van der Waals surface area contributed by atoms with Crippen LogP contribution in [0.1, 0.15) is 89.5 Å². The van der Waals surface area contributed by atoms with Gasteiger partial charge in [0, 0.05) is 117 Å². The van der Waals surface area contributed by atoms with E-state index in [1.54, 1.807) is 19.6 Å². The summed E-state index contributed by atoms with van der Waals surface area (Å²) < 4.78 is 0. The molecule has 0 saturated carbocycles. The number of amides is 3. The number of hydrogen-bond donors (Lipinski definition) is 8. The van der Waals surface area contributed by atoms with E-state index in [1.165, 1.54) is 25.7 Å². The summed E-state index contributed by atoms with van der Waals surface area (Å²) in [4.78, 5) is 109. The standard InChI is InChI=1S/C52H86N14O11/c1-40(55-52(77)54-21-33-67)14-11-12-20-53-44(68)15-10-8-6-4-5-7-9-13-22-61-27-30-65(31-28-61)51-58-49(57-50(59-51)60(2)3)56-42-18-16-41(17-19-42)34-43-35-64(38-47(73)74)26-25-62(36-45(69)70)23-24-63(37-46(71)72)29-32-66(43)39-48(75)76/h16-19,33,40,43H,4-15,20-32,34-39H2,1-3H3,(H,53,68)(H,69,70)(H,71,72)(H,73,74)(H,75,76)(H2,54,55,77)(H,56,57,58,59). The molecule has 25 heteroatoms. The number of nitrogens with zero attached hydrogens (tertiary/aromatic N) is 10. The van der Waals surface area contributed by atoms with Gasteiger partial charge in [-0.1, -0.05) is 50.7 Å². The van der Waals surface area contributed by atoms with E-state index in [9.17, 15) is 54.0 Å². The van der Waals surface area contributed by atoms with Crippen LogP contribution >= 0.6 is 0 Å². The van der Waals surface area contributed by atoms with Crippen LogP contribution in [0.3, 0.4) is 0 Å². The van der Waals surface area contributed by atoms with Crippen LogP contribution in [0, 0.1) is 0 Å². The normalized spacial score (nSPS) is 17.1. The molecule has 2 aromatic rings. The minimum absolute atomic E-state index is 0.00690. The number of anilines is 4. The van der Waals surface area contributed by atoms with E-state index in [2.05, 4.69) is 36.1 Å². The van der Waals surface area contributed by atoms with Crippen molar-refractivity contribution in [3.63, 3.8) is 0 Å². The van der Waals surface area contributed by atoms with Gasteiger partial charge >= 0.3 is 29.9 Å². The largest absolute Gasteiger partial charge is 0.480 e. The molecule has 2 unspecified atom stereocenters. The first-order valence-corrected chi connectivity index (χ1v) is 27.3. The number of benzene rings is 1. The lowest BCUT2D eigenvalue weighted by Crippen LogP contribution is -2.53. The van der Waals surface area contributed by atoms with Crippen LogP contribution in [0.4, 0.5) is 28.3 Å². The van der Waals surface area contributed by atoms with Crippen molar-refractivity contribution in [3.05, 3.63) is 29.8 Å². The maximum Gasteiger partial charge on any atom is 0.317 e. The molecule has 0 radical (unpaired) electrons. The number of aromatic nitrogens is 3. The van der Waals surface area contributed by atoms with E-state index >= 15 is 0 Å². The number of carboxylic acid groups (broad SMARTS) is 4. The third-order valence-electron chi connectivity index (χ3n) is 13.7. The van der Waals surface area contributed by atoms with Crippen molar-refractivity contribution < 1.29 is 54.0 Å². The number of rotatable bonds is 33. The van der Waals surface area contributed by atoms with Crippen LogP contribution in [-0.2, 0) is 35.2 Å². The molecule has 0 aliphatic carbocycles. The van der Waals surface area contributed by atoms with Crippen LogP contribution in [0.25, 0.3) is 0 Å². The lowest BCUT2D eigenvalue weighted by molar-refractivity contribution is -0.142. The Bertz CT molecular complexity index is 2130. The minimum atomic E-state index is -1.08. The molecule has 2 saturated heterocycles. The molecule has 1 aromatic carbocycles. The number of carbonyl (C=O) groups is 7. The lowest BCUT2D eigenvalue weighted by atomic mass is 10.0. The number of urea groups is 1. The van der Waals surface area contributed by atoms with Gasteiger partial charge in [0.15, 0.2) is 0 Å². The van der Waals surface area contributed by atoms with E-state index in [-0.39, 0.29) is 96.5 Å². The van der Waals surface area contributed by atoms with Crippen LogP contribution in [0.2, 0.25) is 0 Å². The van der Waals surface area contributed by atoms with Gasteiger partial charge in [0.05, 0.1) is 32.7 Å². The SMILES string of the molecule is CC(CCCCNC(=O)CCCCCCCCCCN1CCN(c2nc(Nc3ccc(CC4CN(CC(=O)O)CCN(CC(=O)O)CCN(CC(=O)O)CCN4CC(=O)O)cc3)nc(N(C)C)n2)CC1)NC(=O)NCC=O. The van der Waals surface area contributed by atoms with Gasteiger partial charge < -0.3 is 56.3 Å². The first-order chi connectivity index (χ1) is 37.0. The van der Waals surface area contributed by atoms with Gasteiger partial charge in [0.1, 0.15) is 6.29 Å². The summed E-state index contributed by atoms with van der Waals surface area (Å²) in [6.45, 7) is 7.07. The Labute approximate surface area is 453 Å². The lowest BCUT2D eigenvalue weighted by Gasteiger charge is -2.37. The van der Waals surface area contributed by atoms with Crippen LogP contribution < -0.4 is 31.1 Å². The molecule has 2 aliphatic rings. The van der Waals surface area contributed by atoms with Crippen molar-refractivity contribution in [2.45, 2.75) is 102 Å². The fourth-order valence-electron chi connectivity index (χ4n) is 9.46. The molecule has 8 N–H and O–H groups in total. The minimum Gasteiger partial charge on any atom is -0.480 e. The number of nitrogens with one attached hydrogen (secondary N) is 4. The zero-order valence-corrected chi connectivity index (χ0v) is 45.6. The number of carbonyl (C=O) groups excluding carboxylic acids is 3. The van der Waals surface area contributed by atoms with Crippen LogP contribution in [0.5, 0.6) is 0 Å². The summed E-state index contributed by atoms with van der Waals surface area (Å²) in [7, 11) is 3.75. The van der Waals surface area contributed by atoms with Crippen molar-refractivity contribution in [2.75, 3.05) is 147 Å². The number of carboxylic acids is 4. The highest BCUT2D eigenvalue weighted by Crippen LogP contribution is 2.22. The van der Waals surface area contributed by atoms with Gasteiger partial charge in [0.2, 0.25) is 23.8 Å². The van der Waals surface area contributed by atoms with Gasteiger partial charge in [-0.3, -0.25) is 48.5 Å². The molecule has 25 nitrogen and oxygen atoms in total. The molecule has 2 atom stereocenters. The molecule has 3 heterocycles. The molecule has 2 aliphatic heterocycles. The van der Waals surface area contributed by atoms with Crippen LogP contribution in [-0.4, -0.2) is 246 Å². The molecule has 2 fully saturated rings. The summed E-state index contributed by atoms with van der Waals surface area (Å²) in [5.41, 5.74) is 1.56. The summed E-state index contributed by atoms with van der Waals surface area (Å²) in [5.74, 6) is -2.71. The van der Waals surface area contributed by atoms with E-state index in [0.717, 1.165) is 83.2 Å². The Hall–Kier alpha value is -6.28. The van der Waals surface area contributed by atoms with Gasteiger partial charge in [-0.25, -0.2) is 4.79 Å². The van der Waals surface area contributed by atoms with Gasteiger partial charge in [-0.15, -0.1) is 0 Å². The van der Waals surface area contributed by atoms with Crippen molar-refractivity contribution in [3.8, 4) is 0 Å². The van der Waals surface area contributed by atoms with E-state index in [0.29, 0.717) is 49.2 Å². The molecule has 1 aromatic heterocycles. The first-order valence-electron chi connectivity index (χ1n) is 27.3. The summed E-state index contributed by atoms with van der Waals surface area (Å²) in [5, 5.41) is 50.6. The Morgan fingerprint density at radius 3 is 1.81 bits per heavy atom. The van der Waals surface area contributed by atoms with E-state index in [4.69, 9.17) is 9.97 Å². The number of aliphatic carboxylic acids is 4. The molecule has 77 heavy (non-hydrogen) atoms. The highest BCUT2D eigenvalue weighted by atomic mass is 16.4. The maximum atomic E-state index is 12.2. The molecule has 4 rings (SSSR count). The Kier molecular flexibility index (Phi) is 28.9. The Morgan fingerprint density at radius 2 is 1.21 bits per heavy atom. The monoisotopic (exact) mass is 1080 g/mol. The predicted octanol–water partition coefficient (Wildman–Crippen LogP) is 1.96. The average Bonchev–Trinajstić information content (AvgIpc) is 3.37. The number of hydrogen-bond acceptors (Lipinski definition) is 18. The maximum absolute atomic E-state index is 12.2. The number of aldehydes is 1. The number of unbranched alkanes of at least 4 members (excludes halogenated alkanes) is 8. The van der Waals surface area contributed by atoms with E-state index < -0.39 is 29.9 Å². The van der Waals surface area contributed by atoms with Gasteiger partial charge in [-0.05, 0) is 69.7 Å². The highest BCUT2D eigenvalue weighted by molar-refractivity contribution is 5.77. The fourth-order valence-corrected chi connectivity index (χ4v) is 9.46. The fraction of sp³-hybridized carbons (Fsp3) is 0.692. The second-order valence-corrected chi connectivity index (χ2v) is 20.3. The Morgan fingerprint density at radius 1 is 0.649 bits per heavy atom. The Balaban J connectivity index is 1.22. The van der Waals surface area contributed by atoms with E-state index in [1.807, 2.05) is 50.2 Å². The average molecular weight is 1080 g/mol. The zero-order valence-electron chi connectivity index (χ0n) is 45.6. The molecule has 0 spiro atoms. The van der Waals surface area contributed by atoms with Crippen molar-refractivity contribution in [1.82, 2.24) is 55.4 Å². The second kappa shape index (κ2) is 35.2. The molecule has 430 valence electrons. The van der Waals surface area contributed by atoms with Gasteiger partial charge in [-0.2, -0.15) is 15.0 Å². The van der Waals surface area contributed by atoms with Crippen molar-refractivity contribution in [2.24, 2.45) is 0 Å². The predicted molar refractivity (Wildman–Crippen MR) is 292 cm³/mol. The zero-order chi connectivity index (χ0) is 56.0. The third kappa shape index (κ3) is 26.6. The third-order valence-corrected chi connectivity index (χ3v) is 13.7. The topological polar surface area (TPSA) is 310 Å². The smallest absolute Gasteiger partial charge is 0.317 e.